The Kier molecular flexibility index (Phi) is 3.17. The number of carbonyl (C=O) groups is 1. The summed E-state index contributed by atoms with van der Waals surface area (Å²) < 4.78 is 1.10. The zero-order valence-corrected chi connectivity index (χ0v) is 10.5. The number of oxime groups is 1. The Balaban J connectivity index is 2.91. The van der Waals surface area contributed by atoms with Gasteiger partial charge in [-0.25, -0.2) is 4.79 Å². The summed E-state index contributed by atoms with van der Waals surface area (Å²) in [5.74, 6) is -0.437. The van der Waals surface area contributed by atoms with Crippen molar-refractivity contribution in [1.29, 1.82) is 0 Å². The van der Waals surface area contributed by atoms with Crippen LogP contribution in [0.1, 0.15) is 47.5 Å². The van der Waals surface area contributed by atoms with Crippen molar-refractivity contribution in [2.45, 2.75) is 58.5 Å². The topological polar surface area (TPSA) is 58.7 Å². The van der Waals surface area contributed by atoms with Crippen LogP contribution in [0.3, 0.4) is 0 Å². The third-order valence-corrected chi connectivity index (χ3v) is 2.68. The monoisotopic (exact) mass is 227 g/mol. The van der Waals surface area contributed by atoms with Crippen LogP contribution in [0.15, 0.2) is 5.16 Å². The third-order valence-electron chi connectivity index (χ3n) is 2.68. The molecule has 0 radical (unpaired) electrons. The first-order chi connectivity index (χ1) is 7.15. The first-order valence-corrected chi connectivity index (χ1v) is 5.36. The van der Waals surface area contributed by atoms with Crippen LogP contribution in [0.4, 0.5) is 0 Å². The van der Waals surface area contributed by atoms with E-state index in [-0.39, 0.29) is 0 Å². The van der Waals surface area contributed by atoms with Gasteiger partial charge in [-0.1, -0.05) is 5.16 Å². The Hall–Kier alpha value is -1.26. The molecule has 1 saturated heterocycles. The van der Waals surface area contributed by atoms with Gasteiger partial charge in [-0.05, 0) is 0 Å². The minimum absolute atomic E-state index is 0.437. The first kappa shape index (κ1) is 12.8. The molecular formula is C11H19N2O3+. The lowest BCUT2D eigenvalue weighted by Crippen LogP contribution is -2.54. The molecule has 0 amide bonds. The molecule has 0 saturated carbocycles. The van der Waals surface area contributed by atoms with E-state index in [2.05, 4.69) is 9.99 Å². The Morgan fingerprint density at radius 2 is 1.69 bits per heavy atom. The number of hydrogen-bond donors (Lipinski definition) is 0. The molecule has 0 aromatic heterocycles. The summed E-state index contributed by atoms with van der Waals surface area (Å²) in [5, 5.41) is 3.81. The molecule has 5 nitrogen and oxygen atoms in total. The molecule has 0 bridgehead atoms. The van der Waals surface area contributed by atoms with Crippen molar-refractivity contribution in [3.05, 3.63) is 4.91 Å². The van der Waals surface area contributed by atoms with Gasteiger partial charge in [0.15, 0.2) is 0 Å². The fraction of sp³-hybridized carbons (Fsp3) is 0.818. The molecule has 0 spiro atoms. The summed E-state index contributed by atoms with van der Waals surface area (Å²) in [6, 6.07) is 0. The number of hydrogen-bond acceptors (Lipinski definition) is 4. The highest BCUT2D eigenvalue weighted by molar-refractivity contribution is 5.86. The molecule has 90 valence electrons. The molecule has 16 heavy (non-hydrogen) atoms. The molecule has 0 unspecified atom stereocenters. The lowest BCUT2D eigenvalue weighted by Gasteiger charge is -2.31. The van der Waals surface area contributed by atoms with Crippen LogP contribution in [0.5, 0.6) is 0 Å². The molecular weight excluding hydrogens is 208 g/mol. The SMILES string of the molecule is CC(=O)ON=C1CC(C)(C)[N+](=O)C(C)(C)C1. The van der Waals surface area contributed by atoms with Gasteiger partial charge in [0, 0.05) is 44.3 Å². The molecule has 1 aliphatic rings. The maximum Gasteiger partial charge on any atom is 0.331 e. The standard InChI is InChI=1S/C11H19N2O3/c1-8(14)16-12-9-6-10(2,3)13(15)11(4,5)7-9/h6-7H2,1-5H3/q+1. The van der Waals surface area contributed by atoms with Crippen LogP contribution < -0.4 is 0 Å². The zero-order valence-electron chi connectivity index (χ0n) is 10.5. The van der Waals surface area contributed by atoms with Crippen molar-refractivity contribution in [1.82, 2.24) is 0 Å². The molecule has 1 heterocycles. The normalized spacial score (nSPS) is 22.8. The zero-order chi connectivity index (χ0) is 12.6. The van der Waals surface area contributed by atoms with Gasteiger partial charge in [0.05, 0.1) is 18.6 Å². The van der Waals surface area contributed by atoms with Gasteiger partial charge < -0.3 is 4.84 Å². The van der Waals surface area contributed by atoms with Crippen molar-refractivity contribution in [3.8, 4) is 0 Å². The van der Waals surface area contributed by atoms with E-state index in [1.165, 1.54) is 6.92 Å². The Morgan fingerprint density at radius 1 is 1.25 bits per heavy atom. The molecule has 0 aliphatic carbocycles. The van der Waals surface area contributed by atoms with Crippen LogP contribution in [0.25, 0.3) is 0 Å². The van der Waals surface area contributed by atoms with Gasteiger partial charge in [-0.2, -0.15) is 0 Å². The van der Waals surface area contributed by atoms with Crippen molar-refractivity contribution >= 4 is 11.7 Å². The average Bonchev–Trinajstić information content (AvgIpc) is 2.10. The minimum Gasteiger partial charge on any atom is -0.319 e. The molecule has 1 rings (SSSR count). The fourth-order valence-corrected chi connectivity index (χ4v) is 2.22. The van der Waals surface area contributed by atoms with Crippen molar-refractivity contribution in [2.24, 2.45) is 5.16 Å². The summed E-state index contributed by atoms with van der Waals surface area (Å²) in [5.41, 5.74) is -0.265. The van der Waals surface area contributed by atoms with Crippen LogP contribution in [-0.2, 0) is 9.63 Å². The predicted molar refractivity (Wildman–Crippen MR) is 60.2 cm³/mol. The van der Waals surface area contributed by atoms with E-state index in [0.29, 0.717) is 12.8 Å². The van der Waals surface area contributed by atoms with E-state index in [0.717, 1.165) is 10.5 Å². The molecule has 1 aliphatic heterocycles. The highest BCUT2D eigenvalue weighted by Gasteiger charge is 2.52. The number of nitroso groups, excluding NO2 is 1. The van der Waals surface area contributed by atoms with Crippen LogP contribution in [-0.4, -0.2) is 27.5 Å². The maximum atomic E-state index is 12.0. The highest BCUT2D eigenvalue weighted by Crippen LogP contribution is 2.32. The van der Waals surface area contributed by atoms with Gasteiger partial charge >= 0.3 is 5.97 Å². The first-order valence-electron chi connectivity index (χ1n) is 5.36. The Bertz CT molecular complexity index is 334. The minimum atomic E-state index is -0.513. The largest absolute Gasteiger partial charge is 0.331 e. The van der Waals surface area contributed by atoms with E-state index in [4.69, 9.17) is 0 Å². The third kappa shape index (κ3) is 2.65. The van der Waals surface area contributed by atoms with E-state index in [1.54, 1.807) is 0 Å². The molecule has 0 N–H and O–H groups in total. The lowest BCUT2D eigenvalue weighted by atomic mass is 9.81. The summed E-state index contributed by atoms with van der Waals surface area (Å²) >= 11 is 0. The summed E-state index contributed by atoms with van der Waals surface area (Å²) in [7, 11) is 0. The van der Waals surface area contributed by atoms with Crippen molar-refractivity contribution in [2.75, 3.05) is 0 Å². The highest BCUT2D eigenvalue weighted by atomic mass is 16.7. The summed E-state index contributed by atoms with van der Waals surface area (Å²) in [4.78, 5) is 27.3. The van der Waals surface area contributed by atoms with E-state index in [1.807, 2.05) is 27.7 Å². The second kappa shape index (κ2) is 3.96. The number of carbonyl (C=O) groups excluding carboxylic acids is 1. The van der Waals surface area contributed by atoms with Gasteiger partial charge in [0.25, 0.3) is 0 Å². The van der Waals surface area contributed by atoms with E-state index < -0.39 is 17.0 Å². The quantitative estimate of drug-likeness (QED) is 0.391. The van der Waals surface area contributed by atoms with E-state index >= 15 is 0 Å². The number of nitrogens with zero attached hydrogens (tertiary/aromatic N) is 2. The van der Waals surface area contributed by atoms with E-state index in [9.17, 15) is 9.70 Å². The maximum absolute atomic E-state index is 12.0. The molecule has 0 aromatic carbocycles. The van der Waals surface area contributed by atoms with Gasteiger partial charge in [-0.15, -0.1) is 0 Å². The summed E-state index contributed by atoms with van der Waals surface area (Å²) in [6.07, 6.45) is 1.04. The smallest absolute Gasteiger partial charge is 0.319 e. The van der Waals surface area contributed by atoms with Crippen molar-refractivity contribution in [3.63, 3.8) is 0 Å². The molecule has 5 heteroatoms. The Morgan fingerprint density at radius 3 is 2.06 bits per heavy atom. The lowest BCUT2D eigenvalue weighted by molar-refractivity contribution is -0.683. The summed E-state index contributed by atoms with van der Waals surface area (Å²) in [6.45, 7) is 8.77. The van der Waals surface area contributed by atoms with Gasteiger partial charge in [0.1, 0.15) is 0 Å². The molecule has 1 fully saturated rings. The molecule has 0 aromatic rings. The second-order valence-corrected chi connectivity index (χ2v) is 5.51. The van der Waals surface area contributed by atoms with Crippen molar-refractivity contribution < 1.29 is 14.4 Å². The second-order valence-electron chi connectivity index (χ2n) is 5.51. The molecule has 0 atom stereocenters. The van der Waals surface area contributed by atoms with Gasteiger partial charge in [-0.3, -0.25) is 0 Å². The van der Waals surface area contributed by atoms with Crippen LogP contribution in [0, 0.1) is 4.91 Å². The number of rotatable bonds is 1. The predicted octanol–water partition coefficient (Wildman–Crippen LogP) is 2.04. The Labute approximate surface area is 95.4 Å². The number of piperidine rings is 1. The van der Waals surface area contributed by atoms with Crippen LogP contribution >= 0.6 is 0 Å². The van der Waals surface area contributed by atoms with Crippen LogP contribution in [0.2, 0.25) is 0 Å². The fourth-order valence-electron chi connectivity index (χ4n) is 2.22. The van der Waals surface area contributed by atoms with Gasteiger partial charge in [0.2, 0.25) is 11.1 Å². The average molecular weight is 227 g/mol.